The van der Waals surface area contributed by atoms with Crippen LogP contribution >= 0.6 is 0 Å². The van der Waals surface area contributed by atoms with Crippen LogP contribution in [0.2, 0.25) is 0 Å². The van der Waals surface area contributed by atoms with Gasteiger partial charge in [-0.15, -0.1) is 0 Å². The van der Waals surface area contributed by atoms with E-state index >= 15 is 0 Å². The minimum absolute atomic E-state index is 0.602. The van der Waals surface area contributed by atoms with Crippen LogP contribution in [0.15, 0.2) is 54.7 Å². The maximum Gasteiger partial charge on any atom is 0.0642 e. The SMILES string of the molecule is c1ccc2c(C3CCN(c4ccc(N5CCOCC5)cc4)C3)c[nH]c2c1. The minimum atomic E-state index is 0.602. The van der Waals surface area contributed by atoms with Crippen molar-refractivity contribution in [3.8, 4) is 0 Å². The summed E-state index contributed by atoms with van der Waals surface area (Å²) in [5.41, 5.74) is 5.36. The number of anilines is 2. The molecular weight excluding hydrogens is 322 g/mol. The number of aromatic amines is 1. The van der Waals surface area contributed by atoms with E-state index in [-0.39, 0.29) is 0 Å². The van der Waals surface area contributed by atoms with Crippen molar-refractivity contribution in [2.24, 2.45) is 0 Å². The summed E-state index contributed by atoms with van der Waals surface area (Å²) in [6, 6.07) is 17.7. The summed E-state index contributed by atoms with van der Waals surface area (Å²) >= 11 is 0. The number of hydrogen-bond acceptors (Lipinski definition) is 3. The average molecular weight is 347 g/mol. The molecule has 1 N–H and O–H groups in total. The minimum Gasteiger partial charge on any atom is -0.378 e. The second-order valence-electron chi connectivity index (χ2n) is 7.34. The number of para-hydroxylation sites is 1. The van der Waals surface area contributed by atoms with Crippen molar-refractivity contribution in [1.29, 1.82) is 0 Å². The van der Waals surface area contributed by atoms with Crippen molar-refractivity contribution in [3.63, 3.8) is 0 Å². The highest BCUT2D eigenvalue weighted by Gasteiger charge is 2.26. The summed E-state index contributed by atoms with van der Waals surface area (Å²) in [4.78, 5) is 8.36. The Kier molecular flexibility index (Phi) is 4.06. The predicted octanol–water partition coefficient (Wildman–Crippen LogP) is 4.00. The Labute approximate surface area is 154 Å². The largest absolute Gasteiger partial charge is 0.378 e. The molecule has 1 aromatic heterocycles. The summed E-state index contributed by atoms with van der Waals surface area (Å²) in [6.07, 6.45) is 3.42. The van der Waals surface area contributed by atoms with Crippen molar-refractivity contribution >= 4 is 22.3 Å². The molecule has 4 heteroatoms. The number of benzene rings is 2. The molecule has 0 saturated carbocycles. The maximum absolute atomic E-state index is 5.45. The first-order valence-corrected chi connectivity index (χ1v) is 9.62. The van der Waals surface area contributed by atoms with Gasteiger partial charge in [0.05, 0.1) is 13.2 Å². The molecule has 4 nitrogen and oxygen atoms in total. The van der Waals surface area contributed by atoms with Crippen molar-refractivity contribution in [2.45, 2.75) is 12.3 Å². The van der Waals surface area contributed by atoms with E-state index < -0.39 is 0 Å². The standard InChI is InChI=1S/C22H25N3O/c1-2-4-22-20(3-1)21(15-23-22)17-9-10-25(16-17)19-7-5-18(6-8-19)24-11-13-26-14-12-24/h1-8,15,17,23H,9-14,16H2. The fourth-order valence-corrected chi connectivity index (χ4v) is 4.38. The number of nitrogens with zero attached hydrogens (tertiary/aromatic N) is 2. The van der Waals surface area contributed by atoms with E-state index in [2.05, 4.69) is 69.5 Å². The van der Waals surface area contributed by atoms with Crippen LogP contribution in [0.3, 0.4) is 0 Å². The number of nitrogens with one attached hydrogen (secondary N) is 1. The van der Waals surface area contributed by atoms with Crippen LogP contribution < -0.4 is 9.80 Å². The van der Waals surface area contributed by atoms with E-state index in [4.69, 9.17) is 4.74 Å². The second-order valence-corrected chi connectivity index (χ2v) is 7.34. The van der Waals surface area contributed by atoms with E-state index in [1.54, 1.807) is 0 Å². The summed E-state index contributed by atoms with van der Waals surface area (Å²) in [6.45, 7) is 5.87. The van der Waals surface area contributed by atoms with Crippen molar-refractivity contribution < 1.29 is 4.74 Å². The van der Waals surface area contributed by atoms with Gasteiger partial charge in [-0.3, -0.25) is 0 Å². The average Bonchev–Trinajstić information content (AvgIpc) is 3.36. The Balaban J connectivity index is 1.31. The summed E-state index contributed by atoms with van der Waals surface area (Å²) < 4.78 is 5.45. The Hall–Kier alpha value is -2.46. The van der Waals surface area contributed by atoms with E-state index in [9.17, 15) is 0 Å². The monoisotopic (exact) mass is 347 g/mol. The first-order chi connectivity index (χ1) is 12.9. The van der Waals surface area contributed by atoms with Crippen LogP contribution in [0.25, 0.3) is 10.9 Å². The lowest BCUT2D eigenvalue weighted by Crippen LogP contribution is -2.36. The molecule has 2 fully saturated rings. The van der Waals surface area contributed by atoms with Gasteiger partial charge in [-0.2, -0.15) is 0 Å². The molecule has 0 radical (unpaired) electrons. The third-order valence-corrected chi connectivity index (χ3v) is 5.84. The van der Waals surface area contributed by atoms with Crippen LogP contribution in [0.5, 0.6) is 0 Å². The Morgan fingerprint density at radius 3 is 2.38 bits per heavy atom. The molecule has 2 saturated heterocycles. The highest BCUT2D eigenvalue weighted by Crippen LogP contribution is 2.35. The maximum atomic E-state index is 5.45. The third kappa shape index (κ3) is 2.84. The van der Waals surface area contributed by atoms with Crippen molar-refractivity contribution in [2.75, 3.05) is 49.2 Å². The van der Waals surface area contributed by atoms with E-state index in [1.807, 2.05) is 0 Å². The van der Waals surface area contributed by atoms with Crippen LogP contribution in [0.1, 0.15) is 17.9 Å². The quantitative estimate of drug-likeness (QED) is 0.777. The van der Waals surface area contributed by atoms with Gasteiger partial charge < -0.3 is 19.5 Å². The number of hydrogen-bond donors (Lipinski definition) is 1. The molecule has 3 heterocycles. The zero-order valence-electron chi connectivity index (χ0n) is 15.0. The number of aromatic nitrogens is 1. The molecule has 3 aromatic rings. The number of rotatable bonds is 3. The first kappa shape index (κ1) is 15.8. The smallest absolute Gasteiger partial charge is 0.0642 e. The van der Waals surface area contributed by atoms with Gasteiger partial charge in [0.25, 0.3) is 0 Å². The third-order valence-electron chi connectivity index (χ3n) is 5.84. The molecule has 0 bridgehead atoms. The molecule has 2 aliphatic heterocycles. The highest BCUT2D eigenvalue weighted by molar-refractivity contribution is 5.83. The summed E-state index contributed by atoms with van der Waals surface area (Å²) in [5.74, 6) is 0.602. The molecule has 2 aliphatic rings. The molecule has 26 heavy (non-hydrogen) atoms. The number of morpholine rings is 1. The highest BCUT2D eigenvalue weighted by atomic mass is 16.5. The van der Waals surface area contributed by atoms with Crippen LogP contribution in [-0.4, -0.2) is 44.4 Å². The molecule has 1 atom stereocenters. The lowest BCUT2D eigenvalue weighted by Gasteiger charge is -2.29. The van der Waals surface area contributed by atoms with Crippen molar-refractivity contribution in [3.05, 3.63) is 60.3 Å². The van der Waals surface area contributed by atoms with Gasteiger partial charge in [0.1, 0.15) is 0 Å². The molecular formula is C22H25N3O. The van der Waals surface area contributed by atoms with Gasteiger partial charge in [-0.25, -0.2) is 0 Å². The fraction of sp³-hybridized carbons (Fsp3) is 0.364. The van der Waals surface area contributed by atoms with Gasteiger partial charge in [0.15, 0.2) is 0 Å². The summed E-state index contributed by atoms with van der Waals surface area (Å²) in [5, 5.41) is 1.38. The van der Waals surface area contributed by atoms with Crippen LogP contribution in [-0.2, 0) is 4.74 Å². The molecule has 2 aromatic carbocycles. The lowest BCUT2D eigenvalue weighted by atomic mass is 9.98. The van der Waals surface area contributed by atoms with Gasteiger partial charge >= 0.3 is 0 Å². The fourth-order valence-electron chi connectivity index (χ4n) is 4.38. The lowest BCUT2D eigenvalue weighted by molar-refractivity contribution is 0.122. The van der Waals surface area contributed by atoms with Crippen LogP contribution in [0, 0.1) is 0 Å². The number of ether oxygens (including phenoxy) is 1. The van der Waals surface area contributed by atoms with Gasteiger partial charge in [-0.05, 0) is 42.3 Å². The first-order valence-electron chi connectivity index (χ1n) is 9.62. The molecule has 0 amide bonds. The molecule has 134 valence electrons. The van der Waals surface area contributed by atoms with Crippen molar-refractivity contribution in [1.82, 2.24) is 4.98 Å². The second kappa shape index (κ2) is 6.69. The Morgan fingerprint density at radius 2 is 1.58 bits per heavy atom. The Bertz CT molecular complexity index is 880. The molecule has 5 rings (SSSR count). The predicted molar refractivity (Wildman–Crippen MR) is 107 cm³/mol. The molecule has 1 unspecified atom stereocenters. The van der Waals surface area contributed by atoms with Gasteiger partial charge in [-0.1, -0.05) is 18.2 Å². The Morgan fingerprint density at radius 1 is 0.846 bits per heavy atom. The topological polar surface area (TPSA) is 31.5 Å². The van der Waals surface area contributed by atoms with E-state index in [1.165, 1.54) is 34.3 Å². The molecule has 0 aliphatic carbocycles. The van der Waals surface area contributed by atoms with Crippen LogP contribution in [0.4, 0.5) is 11.4 Å². The number of H-pyrrole nitrogens is 1. The number of fused-ring (bicyclic) bond motifs is 1. The zero-order valence-corrected chi connectivity index (χ0v) is 15.0. The zero-order chi connectivity index (χ0) is 17.3. The van der Waals surface area contributed by atoms with E-state index in [0.717, 1.165) is 39.4 Å². The van der Waals surface area contributed by atoms with Gasteiger partial charge in [0, 0.05) is 60.6 Å². The molecule has 0 spiro atoms. The summed E-state index contributed by atoms with van der Waals surface area (Å²) in [7, 11) is 0. The van der Waals surface area contributed by atoms with Gasteiger partial charge in [0.2, 0.25) is 0 Å². The normalized spacial score (nSPS) is 20.8. The van der Waals surface area contributed by atoms with E-state index in [0.29, 0.717) is 5.92 Å².